The van der Waals surface area contributed by atoms with E-state index in [0.717, 1.165) is 17.2 Å². The van der Waals surface area contributed by atoms with Gasteiger partial charge >= 0.3 is 5.97 Å². The topological polar surface area (TPSA) is 83.8 Å². The Kier molecular flexibility index (Phi) is 7.83. The van der Waals surface area contributed by atoms with Gasteiger partial charge in [-0.2, -0.15) is 0 Å². The maximum atomic E-state index is 13.8. The second-order valence-electron chi connectivity index (χ2n) is 6.81. The Morgan fingerprint density at radius 3 is 1.87 bits per heavy atom. The predicted molar refractivity (Wildman–Crippen MR) is 112 cm³/mol. The predicted octanol–water partition coefficient (Wildman–Crippen LogP) is 5.01. The van der Waals surface area contributed by atoms with Crippen LogP contribution in [0.2, 0.25) is 0 Å². The van der Waals surface area contributed by atoms with Crippen LogP contribution in [0.15, 0.2) is 66.7 Å². The number of esters is 1. The molecule has 0 saturated carbocycles. The minimum absolute atomic E-state index is 0.0279. The fourth-order valence-electron chi connectivity index (χ4n) is 2.46. The molecule has 0 heterocycles. The molecule has 3 rings (SSSR count). The fraction of sp³-hybridized carbons (Fsp3) is 0.167. The normalized spacial score (nSPS) is 10.2. The Morgan fingerprint density at radius 2 is 1.40 bits per heavy atom. The molecule has 5 nitrogen and oxygen atoms in total. The van der Waals surface area contributed by atoms with E-state index in [1.165, 1.54) is 19.1 Å². The number of halogens is 1. The molecule has 156 valence electrons. The maximum absolute atomic E-state index is 13.8. The van der Waals surface area contributed by atoms with E-state index in [0.29, 0.717) is 5.56 Å². The number of aromatic hydroxyl groups is 1. The summed E-state index contributed by atoms with van der Waals surface area (Å²) in [5, 5.41) is 17.4. The van der Waals surface area contributed by atoms with E-state index in [4.69, 9.17) is 9.84 Å². The van der Waals surface area contributed by atoms with Crippen molar-refractivity contribution >= 4 is 11.8 Å². The summed E-state index contributed by atoms with van der Waals surface area (Å²) in [4.78, 5) is 23.4. The van der Waals surface area contributed by atoms with Gasteiger partial charge < -0.3 is 14.9 Å². The van der Waals surface area contributed by atoms with Crippen molar-refractivity contribution in [2.45, 2.75) is 26.9 Å². The van der Waals surface area contributed by atoms with Gasteiger partial charge in [0.1, 0.15) is 17.3 Å². The van der Waals surface area contributed by atoms with E-state index >= 15 is 0 Å². The Labute approximate surface area is 174 Å². The van der Waals surface area contributed by atoms with Crippen LogP contribution in [-0.2, 0) is 0 Å². The number of Topliss-reactive ketones (excluding diaryl/α,β-unsaturated/α-hetero) is 1. The van der Waals surface area contributed by atoms with E-state index in [2.05, 4.69) is 0 Å². The number of phenolic OH excluding ortho intramolecular Hbond substituents is 1. The van der Waals surface area contributed by atoms with Crippen LogP contribution in [0.25, 0.3) is 11.1 Å². The number of carbonyl (C=O) groups is 2. The number of phenols is 1. The molecule has 0 radical (unpaired) electrons. The molecular formula is C24H23FO5. The molecule has 30 heavy (non-hydrogen) atoms. The summed E-state index contributed by atoms with van der Waals surface area (Å²) >= 11 is 0. The van der Waals surface area contributed by atoms with Gasteiger partial charge in [-0.15, -0.1) is 0 Å². The zero-order valence-corrected chi connectivity index (χ0v) is 16.9. The van der Waals surface area contributed by atoms with E-state index in [-0.39, 0.29) is 23.2 Å². The maximum Gasteiger partial charge on any atom is 0.343 e. The number of rotatable bonds is 4. The van der Waals surface area contributed by atoms with Gasteiger partial charge in [0, 0.05) is 12.2 Å². The summed E-state index contributed by atoms with van der Waals surface area (Å²) in [6, 6.07) is 17.1. The molecule has 3 aromatic rings. The number of carbonyl (C=O) groups excluding carboxylic acids is 2. The quantitative estimate of drug-likeness (QED) is 0.359. The van der Waals surface area contributed by atoms with Crippen molar-refractivity contribution < 1.29 is 28.9 Å². The zero-order chi connectivity index (χ0) is 22.3. The molecule has 0 bridgehead atoms. The highest BCUT2D eigenvalue weighted by Crippen LogP contribution is 2.23. The number of benzene rings is 3. The van der Waals surface area contributed by atoms with Gasteiger partial charge in [-0.3, -0.25) is 4.79 Å². The third-order valence-electron chi connectivity index (χ3n) is 3.85. The lowest BCUT2D eigenvalue weighted by molar-refractivity contribution is 0.0734. The Balaban J connectivity index is 0.000000735. The summed E-state index contributed by atoms with van der Waals surface area (Å²) in [6.07, 6.45) is -0.167. The Hall–Kier alpha value is -3.51. The van der Waals surface area contributed by atoms with E-state index in [9.17, 15) is 19.1 Å². The summed E-state index contributed by atoms with van der Waals surface area (Å²) < 4.78 is 18.9. The van der Waals surface area contributed by atoms with Crippen molar-refractivity contribution in [1.29, 1.82) is 0 Å². The molecule has 0 aliphatic carbocycles. The van der Waals surface area contributed by atoms with Gasteiger partial charge in [0.25, 0.3) is 0 Å². The second-order valence-corrected chi connectivity index (χ2v) is 6.81. The lowest BCUT2D eigenvalue weighted by Crippen LogP contribution is -2.09. The molecule has 0 fully saturated rings. The molecule has 0 unspecified atom stereocenters. The van der Waals surface area contributed by atoms with Crippen LogP contribution < -0.4 is 4.74 Å². The highest BCUT2D eigenvalue weighted by molar-refractivity contribution is 5.95. The molecule has 0 atom stereocenters. The number of ether oxygens (including phenoxy) is 1. The molecule has 0 saturated heterocycles. The SMILES string of the molecule is CC(=O)c1ccc(OC(=O)c2ccc(-c3ccc(O)cc3)cc2)cc1F.CC(C)O. The summed E-state index contributed by atoms with van der Waals surface area (Å²) in [5.41, 5.74) is 2.02. The molecule has 0 aromatic heterocycles. The monoisotopic (exact) mass is 410 g/mol. The van der Waals surface area contributed by atoms with Gasteiger partial charge in [0.2, 0.25) is 0 Å². The van der Waals surface area contributed by atoms with E-state index in [1.807, 2.05) is 0 Å². The number of hydrogen-bond acceptors (Lipinski definition) is 5. The number of aliphatic hydroxyl groups is 1. The third kappa shape index (κ3) is 6.53. The summed E-state index contributed by atoms with van der Waals surface area (Å²) in [5.74, 6) is -1.55. The second kappa shape index (κ2) is 10.3. The zero-order valence-electron chi connectivity index (χ0n) is 16.9. The minimum Gasteiger partial charge on any atom is -0.508 e. The summed E-state index contributed by atoms with van der Waals surface area (Å²) in [6.45, 7) is 4.71. The lowest BCUT2D eigenvalue weighted by atomic mass is 10.0. The number of hydrogen-bond donors (Lipinski definition) is 2. The molecule has 2 N–H and O–H groups in total. The van der Waals surface area contributed by atoms with Crippen molar-refractivity contribution in [3.05, 3.63) is 83.7 Å². The molecule has 0 spiro atoms. The van der Waals surface area contributed by atoms with Crippen LogP contribution in [0.1, 0.15) is 41.5 Å². The third-order valence-corrected chi connectivity index (χ3v) is 3.85. The highest BCUT2D eigenvalue weighted by atomic mass is 19.1. The Bertz CT molecular complexity index is 1010. The standard InChI is InChI=1S/C21H15FO4.C3H8O/c1-13(23)19-11-10-18(12-20(19)22)26-21(25)16-4-2-14(3-5-16)15-6-8-17(24)9-7-15;1-3(2)4/h2-12,24H,1H3;3-4H,1-2H3. The number of ketones is 1. The first-order valence-corrected chi connectivity index (χ1v) is 9.27. The average Bonchev–Trinajstić information content (AvgIpc) is 2.68. The Morgan fingerprint density at radius 1 is 0.900 bits per heavy atom. The van der Waals surface area contributed by atoms with Gasteiger partial charge in [-0.1, -0.05) is 24.3 Å². The molecule has 3 aromatic carbocycles. The van der Waals surface area contributed by atoms with Crippen LogP contribution in [0.3, 0.4) is 0 Å². The van der Waals surface area contributed by atoms with E-state index in [1.54, 1.807) is 62.4 Å². The van der Waals surface area contributed by atoms with E-state index < -0.39 is 17.6 Å². The van der Waals surface area contributed by atoms with Crippen LogP contribution in [0, 0.1) is 5.82 Å². The van der Waals surface area contributed by atoms with Gasteiger partial charge in [0.15, 0.2) is 5.78 Å². The summed E-state index contributed by atoms with van der Waals surface area (Å²) in [7, 11) is 0. The molecule has 0 amide bonds. The first-order chi connectivity index (χ1) is 14.2. The van der Waals surface area contributed by atoms with Gasteiger partial charge in [-0.05, 0) is 68.3 Å². The van der Waals surface area contributed by atoms with Crippen LogP contribution in [0.4, 0.5) is 4.39 Å². The van der Waals surface area contributed by atoms with Gasteiger partial charge in [0.05, 0.1) is 11.1 Å². The van der Waals surface area contributed by atoms with Gasteiger partial charge in [-0.25, -0.2) is 9.18 Å². The van der Waals surface area contributed by atoms with Crippen LogP contribution in [-0.4, -0.2) is 28.1 Å². The smallest absolute Gasteiger partial charge is 0.343 e. The first kappa shape index (κ1) is 22.8. The van der Waals surface area contributed by atoms with Crippen LogP contribution >= 0.6 is 0 Å². The van der Waals surface area contributed by atoms with Crippen molar-refractivity contribution in [2.24, 2.45) is 0 Å². The largest absolute Gasteiger partial charge is 0.508 e. The molecule has 0 aliphatic rings. The first-order valence-electron chi connectivity index (χ1n) is 9.27. The molecule has 6 heteroatoms. The fourth-order valence-corrected chi connectivity index (χ4v) is 2.46. The lowest BCUT2D eigenvalue weighted by Gasteiger charge is -2.07. The molecular weight excluding hydrogens is 387 g/mol. The number of aliphatic hydroxyl groups excluding tert-OH is 1. The van der Waals surface area contributed by atoms with Crippen molar-refractivity contribution in [3.63, 3.8) is 0 Å². The average molecular weight is 410 g/mol. The highest BCUT2D eigenvalue weighted by Gasteiger charge is 2.12. The molecule has 0 aliphatic heterocycles. The minimum atomic E-state index is -0.731. The van der Waals surface area contributed by atoms with Crippen LogP contribution in [0.5, 0.6) is 11.5 Å². The van der Waals surface area contributed by atoms with Crippen molar-refractivity contribution in [1.82, 2.24) is 0 Å². The van der Waals surface area contributed by atoms with Crippen molar-refractivity contribution in [3.8, 4) is 22.6 Å². The van der Waals surface area contributed by atoms with Crippen molar-refractivity contribution in [2.75, 3.05) is 0 Å².